The van der Waals surface area contributed by atoms with Crippen molar-refractivity contribution < 1.29 is 14.3 Å². The largest absolute Gasteiger partial charge is 0.479 e. The van der Waals surface area contributed by atoms with Crippen LogP contribution in [0.5, 0.6) is 5.75 Å². The first kappa shape index (κ1) is 14.5. The van der Waals surface area contributed by atoms with Crippen LogP contribution in [0.4, 0.5) is 0 Å². The van der Waals surface area contributed by atoms with Gasteiger partial charge in [0.1, 0.15) is 5.75 Å². The molecule has 0 aliphatic carbocycles. The van der Waals surface area contributed by atoms with Gasteiger partial charge in [0.2, 0.25) is 0 Å². The topological polar surface area (TPSA) is 61.5 Å². The minimum absolute atomic E-state index is 0.316. The molecule has 0 spiro atoms. The lowest BCUT2D eigenvalue weighted by Crippen LogP contribution is -2.28. The first-order chi connectivity index (χ1) is 8.71. The molecular formula is C14H21NO3. The molecule has 2 N–H and O–H groups in total. The van der Waals surface area contributed by atoms with Gasteiger partial charge < -0.3 is 15.2 Å². The highest BCUT2D eigenvalue weighted by molar-refractivity contribution is 5.75. The van der Waals surface area contributed by atoms with Gasteiger partial charge in [0.15, 0.2) is 6.10 Å². The lowest BCUT2D eigenvalue weighted by Gasteiger charge is -2.16. The van der Waals surface area contributed by atoms with Crippen molar-refractivity contribution in [1.29, 1.82) is 0 Å². The maximum absolute atomic E-state index is 11.6. The van der Waals surface area contributed by atoms with Crippen LogP contribution in [0.15, 0.2) is 24.3 Å². The van der Waals surface area contributed by atoms with Crippen molar-refractivity contribution in [2.45, 2.75) is 32.8 Å². The van der Waals surface area contributed by atoms with Crippen molar-refractivity contribution in [3.8, 4) is 5.75 Å². The van der Waals surface area contributed by atoms with Crippen LogP contribution in [-0.4, -0.2) is 25.2 Å². The van der Waals surface area contributed by atoms with Crippen molar-refractivity contribution in [3.63, 3.8) is 0 Å². The van der Waals surface area contributed by atoms with Gasteiger partial charge in [-0.3, -0.25) is 0 Å². The van der Waals surface area contributed by atoms with Gasteiger partial charge in [-0.15, -0.1) is 0 Å². The summed E-state index contributed by atoms with van der Waals surface area (Å²) in [6.45, 7) is 4.64. The number of carbonyl (C=O) groups is 1. The molecule has 1 rings (SSSR count). The normalized spacial score (nSPS) is 11.9. The van der Waals surface area contributed by atoms with Crippen LogP contribution in [0, 0.1) is 0 Å². The average molecular weight is 251 g/mol. The first-order valence-electron chi connectivity index (χ1n) is 6.33. The Kier molecular flexibility index (Phi) is 6.22. The third-order valence-corrected chi connectivity index (χ3v) is 2.53. The number of ether oxygens (including phenoxy) is 2. The molecule has 0 saturated carbocycles. The Morgan fingerprint density at radius 1 is 1.39 bits per heavy atom. The molecule has 0 fully saturated rings. The van der Waals surface area contributed by atoms with E-state index in [-0.39, 0.29) is 5.97 Å². The molecule has 0 amide bonds. The summed E-state index contributed by atoms with van der Waals surface area (Å²) in [4.78, 5) is 11.6. The fraction of sp³-hybridized carbons (Fsp3) is 0.500. The summed E-state index contributed by atoms with van der Waals surface area (Å²) in [6, 6.07) is 7.64. The predicted octanol–water partition coefficient (Wildman–Crippen LogP) is 1.91. The summed E-state index contributed by atoms with van der Waals surface area (Å²) >= 11 is 0. The molecule has 0 bridgehead atoms. The monoisotopic (exact) mass is 251 g/mol. The zero-order valence-electron chi connectivity index (χ0n) is 11.0. The third kappa shape index (κ3) is 4.37. The molecule has 0 aliphatic heterocycles. The van der Waals surface area contributed by atoms with Gasteiger partial charge in [0.25, 0.3) is 0 Å². The molecule has 0 radical (unpaired) electrons. The summed E-state index contributed by atoms with van der Waals surface area (Å²) in [5, 5.41) is 0. The molecule has 100 valence electrons. The molecule has 1 atom stereocenters. The van der Waals surface area contributed by atoms with Gasteiger partial charge in [0.05, 0.1) is 6.61 Å². The minimum atomic E-state index is -0.543. The molecule has 1 unspecified atom stereocenters. The van der Waals surface area contributed by atoms with Gasteiger partial charge in [-0.25, -0.2) is 4.79 Å². The molecule has 1 aromatic rings. The molecule has 0 saturated heterocycles. The second-order valence-electron chi connectivity index (χ2n) is 3.95. The van der Waals surface area contributed by atoms with E-state index < -0.39 is 6.10 Å². The van der Waals surface area contributed by atoms with Crippen LogP contribution in [0.1, 0.15) is 25.8 Å². The minimum Gasteiger partial charge on any atom is -0.479 e. The summed E-state index contributed by atoms with van der Waals surface area (Å²) in [5.74, 6) is 0.366. The van der Waals surface area contributed by atoms with Gasteiger partial charge >= 0.3 is 5.97 Å². The smallest absolute Gasteiger partial charge is 0.347 e. The maximum atomic E-state index is 11.6. The van der Waals surface area contributed by atoms with Crippen molar-refractivity contribution >= 4 is 5.97 Å². The Balaban J connectivity index is 2.69. The molecule has 0 aliphatic rings. The van der Waals surface area contributed by atoms with Gasteiger partial charge in [-0.05, 0) is 44.0 Å². The van der Waals surface area contributed by atoms with Gasteiger partial charge in [-0.2, -0.15) is 0 Å². The van der Waals surface area contributed by atoms with Crippen molar-refractivity contribution in [2.24, 2.45) is 5.73 Å². The standard InChI is InChI=1S/C14H21NO3/c1-3-13(14(16)17-4-2)18-12-7-5-6-11(10-12)8-9-15/h5-7,10,13H,3-4,8-9,15H2,1-2H3. The van der Waals surface area contributed by atoms with Crippen LogP contribution in [0.2, 0.25) is 0 Å². The van der Waals surface area contributed by atoms with Crippen LogP contribution in [-0.2, 0) is 16.0 Å². The van der Waals surface area contributed by atoms with Crippen LogP contribution < -0.4 is 10.5 Å². The molecular weight excluding hydrogens is 230 g/mol. The summed E-state index contributed by atoms with van der Waals surface area (Å²) in [7, 11) is 0. The van der Waals surface area contributed by atoms with Crippen LogP contribution in [0.3, 0.4) is 0 Å². The third-order valence-electron chi connectivity index (χ3n) is 2.53. The summed E-state index contributed by atoms with van der Waals surface area (Å²) in [6.07, 6.45) is 0.839. The number of hydrogen-bond acceptors (Lipinski definition) is 4. The molecule has 18 heavy (non-hydrogen) atoms. The zero-order valence-corrected chi connectivity index (χ0v) is 11.0. The predicted molar refractivity (Wildman–Crippen MR) is 70.5 cm³/mol. The van der Waals surface area contributed by atoms with Crippen LogP contribution in [0.25, 0.3) is 0 Å². The van der Waals surface area contributed by atoms with E-state index in [1.165, 1.54) is 0 Å². The lowest BCUT2D eigenvalue weighted by atomic mass is 10.1. The Labute approximate surface area is 108 Å². The Morgan fingerprint density at radius 2 is 2.17 bits per heavy atom. The van der Waals surface area contributed by atoms with Gasteiger partial charge in [-0.1, -0.05) is 19.1 Å². The van der Waals surface area contributed by atoms with E-state index in [2.05, 4.69) is 0 Å². The first-order valence-corrected chi connectivity index (χ1v) is 6.33. The number of nitrogens with two attached hydrogens (primary N) is 1. The quantitative estimate of drug-likeness (QED) is 0.752. The second-order valence-corrected chi connectivity index (χ2v) is 3.95. The molecule has 4 nitrogen and oxygen atoms in total. The van der Waals surface area contributed by atoms with E-state index in [0.29, 0.717) is 25.3 Å². The van der Waals surface area contributed by atoms with Crippen molar-refractivity contribution in [3.05, 3.63) is 29.8 Å². The number of hydrogen-bond donors (Lipinski definition) is 1. The van der Waals surface area contributed by atoms with Crippen molar-refractivity contribution in [1.82, 2.24) is 0 Å². The Hall–Kier alpha value is -1.55. The van der Waals surface area contributed by atoms with E-state index in [4.69, 9.17) is 15.2 Å². The number of esters is 1. The van der Waals surface area contributed by atoms with Crippen LogP contribution >= 0.6 is 0 Å². The maximum Gasteiger partial charge on any atom is 0.347 e. The Bertz CT molecular complexity index is 379. The fourth-order valence-corrected chi connectivity index (χ4v) is 1.64. The summed E-state index contributed by atoms with van der Waals surface area (Å²) in [5.41, 5.74) is 6.62. The molecule has 0 aromatic heterocycles. The number of carbonyl (C=O) groups excluding carboxylic acids is 1. The SMILES string of the molecule is CCOC(=O)C(CC)Oc1cccc(CCN)c1. The highest BCUT2D eigenvalue weighted by Gasteiger charge is 2.19. The molecule has 1 aromatic carbocycles. The second kappa shape index (κ2) is 7.71. The molecule has 0 heterocycles. The summed E-state index contributed by atoms with van der Waals surface area (Å²) < 4.78 is 10.6. The van der Waals surface area contributed by atoms with E-state index >= 15 is 0 Å². The van der Waals surface area contributed by atoms with E-state index in [0.717, 1.165) is 12.0 Å². The lowest BCUT2D eigenvalue weighted by molar-refractivity contribution is -0.151. The number of rotatable bonds is 7. The van der Waals surface area contributed by atoms with E-state index in [1.54, 1.807) is 6.92 Å². The highest BCUT2D eigenvalue weighted by atomic mass is 16.6. The highest BCUT2D eigenvalue weighted by Crippen LogP contribution is 2.16. The molecule has 4 heteroatoms. The fourth-order valence-electron chi connectivity index (χ4n) is 1.64. The van der Waals surface area contributed by atoms with Crippen molar-refractivity contribution in [2.75, 3.05) is 13.2 Å². The van der Waals surface area contributed by atoms with E-state index in [1.807, 2.05) is 31.2 Å². The Morgan fingerprint density at radius 3 is 2.78 bits per heavy atom. The van der Waals surface area contributed by atoms with Gasteiger partial charge in [0, 0.05) is 0 Å². The zero-order chi connectivity index (χ0) is 13.4. The van der Waals surface area contributed by atoms with E-state index in [9.17, 15) is 4.79 Å². The number of benzene rings is 1. The average Bonchev–Trinajstić information content (AvgIpc) is 2.37.